The molecule has 0 bridgehead atoms. The number of carbonyl (C=O) groups is 1. The Kier molecular flexibility index (Phi) is 6.69. The van der Waals surface area contributed by atoms with E-state index in [-0.39, 0.29) is 23.7 Å². The highest BCUT2D eigenvalue weighted by Crippen LogP contribution is 2.41. The van der Waals surface area contributed by atoms with Gasteiger partial charge in [0.15, 0.2) is 22.5 Å². The summed E-state index contributed by atoms with van der Waals surface area (Å²) >= 11 is 9.68. The zero-order valence-electron chi connectivity index (χ0n) is 21.0. The van der Waals surface area contributed by atoms with E-state index in [0.29, 0.717) is 25.3 Å². The molecule has 2 aliphatic rings. The van der Waals surface area contributed by atoms with Crippen LogP contribution < -0.4 is 4.74 Å². The number of thiophene rings is 1. The van der Waals surface area contributed by atoms with Gasteiger partial charge in [0.25, 0.3) is 5.91 Å². The minimum Gasteiger partial charge on any atom is -0.481 e. The lowest BCUT2D eigenvalue weighted by Gasteiger charge is -2.35. The first-order valence-electron chi connectivity index (χ1n) is 12.8. The van der Waals surface area contributed by atoms with Crippen LogP contribution in [0.4, 0.5) is 0 Å². The van der Waals surface area contributed by atoms with Crippen LogP contribution in [0.1, 0.15) is 28.0 Å². The monoisotopic (exact) mass is 580 g/mol. The van der Waals surface area contributed by atoms with Crippen molar-refractivity contribution in [2.75, 3.05) is 39.5 Å². The van der Waals surface area contributed by atoms with Gasteiger partial charge in [0, 0.05) is 60.6 Å². The highest BCUT2D eigenvalue weighted by molar-refractivity contribution is 7.18. The maximum absolute atomic E-state index is 13.7. The van der Waals surface area contributed by atoms with Gasteiger partial charge >= 0.3 is 0 Å². The van der Waals surface area contributed by atoms with E-state index in [0.717, 1.165) is 63.4 Å². The summed E-state index contributed by atoms with van der Waals surface area (Å²) in [5.74, 6) is 0.287. The fraction of sp³-hybridized carbons (Fsp3) is 0.333. The standard InChI is InChI=1S/C27H25ClN6O3S2/c28-25-20(4-3-18(30-25)15-32-8-11-36-12-9-32)37-16-22(35)33-7-5-19-23(34-10-13-38-27(34)31-19)24(33)21-14-17-2-1-6-29-26(17)39-21/h1-4,6,10,13-14,24H,5,7-9,11-12,15-16H2. The van der Waals surface area contributed by atoms with E-state index in [4.69, 9.17) is 26.1 Å². The van der Waals surface area contributed by atoms with Crippen LogP contribution in [-0.2, 0) is 22.5 Å². The second-order valence-electron chi connectivity index (χ2n) is 9.55. The molecule has 12 heteroatoms. The molecule has 0 N–H and O–H groups in total. The van der Waals surface area contributed by atoms with Crippen LogP contribution in [0.25, 0.3) is 15.2 Å². The molecule has 0 aromatic carbocycles. The Balaban J connectivity index is 1.13. The van der Waals surface area contributed by atoms with Gasteiger partial charge in [0.2, 0.25) is 0 Å². The topological polar surface area (TPSA) is 85.1 Å². The Bertz CT molecular complexity index is 1630. The Labute approximate surface area is 237 Å². The maximum Gasteiger partial charge on any atom is 0.261 e. The largest absolute Gasteiger partial charge is 0.481 e. The van der Waals surface area contributed by atoms with Crippen LogP contribution in [0.3, 0.4) is 0 Å². The Morgan fingerprint density at radius 2 is 2.08 bits per heavy atom. The van der Waals surface area contributed by atoms with Crippen LogP contribution in [-0.4, -0.2) is 74.5 Å². The smallest absolute Gasteiger partial charge is 0.261 e. The average Bonchev–Trinajstić information content (AvgIpc) is 3.67. The molecular formula is C27H25ClN6O3S2. The van der Waals surface area contributed by atoms with Gasteiger partial charge in [-0.25, -0.2) is 15.0 Å². The number of pyridine rings is 2. The molecular weight excluding hydrogens is 556 g/mol. The van der Waals surface area contributed by atoms with Gasteiger partial charge < -0.3 is 14.4 Å². The third-order valence-corrected chi connectivity index (χ3v) is 9.29. The summed E-state index contributed by atoms with van der Waals surface area (Å²) in [6, 6.07) is 9.54. The van der Waals surface area contributed by atoms with Gasteiger partial charge in [-0.05, 0) is 24.3 Å². The molecule has 1 amide bonds. The number of ether oxygens (including phenoxy) is 2. The van der Waals surface area contributed by atoms with Gasteiger partial charge in [-0.2, -0.15) is 0 Å². The summed E-state index contributed by atoms with van der Waals surface area (Å²) in [6.07, 6.45) is 4.51. The minimum atomic E-state index is -0.279. The lowest BCUT2D eigenvalue weighted by atomic mass is 10.0. The normalized spacial score (nSPS) is 18.1. The molecule has 39 heavy (non-hydrogen) atoms. The van der Waals surface area contributed by atoms with Crippen LogP contribution >= 0.6 is 34.3 Å². The van der Waals surface area contributed by atoms with Crippen molar-refractivity contribution < 1.29 is 14.3 Å². The average molecular weight is 581 g/mol. The summed E-state index contributed by atoms with van der Waals surface area (Å²) in [7, 11) is 0. The van der Waals surface area contributed by atoms with E-state index in [9.17, 15) is 4.79 Å². The third-order valence-electron chi connectivity index (χ3n) is 7.15. The van der Waals surface area contributed by atoms with Crippen molar-refractivity contribution in [2.45, 2.75) is 19.0 Å². The molecule has 1 atom stereocenters. The Morgan fingerprint density at radius 3 is 2.92 bits per heavy atom. The molecule has 1 saturated heterocycles. The Morgan fingerprint density at radius 1 is 1.18 bits per heavy atom. The summed E-state index contributed by atoms with van der Waals surface area (Å²) in [5.41, 5.74) is 2.93. The third kappa shape index (κ3) is 4.78. The number of fused-ring (bicyclic) bond motifs is 4. The number of aromatic nitrogens is 4. The van der Waals surface area contributed by atoms with Gasteiger partial charge in [0.05, 0.1) is 30.3 Å². The molecule has 1 fully saturated rings. The molecule has 200 valence electrons. The van der Waals surface area contributed by atoms with Crippen LogP contribution in [0, 0.1) is 0 Å². The predicted molar refractivity (Wildman–Crippen MR) is 151 cm³/mol. The first-order valence-corrected chi connectivity index (χ1v) is 14.9. The molecule has 5 aromatic heterocycles. The van der Waals surface area contributed by atoms with E-state index in [1.807, 2.05) is 28.6 Å². The van der Waals surface area contributed by atoms with Crippen LogP contribution in [0.2, 0.25) is 5.15 Å². The molecule has 0 spiro atoms. The van der Waals surface area contributed by atoms with Crippen LogP contribution in [0.15, 0.2) is 48.1 Å². The minimum absolute atomic E-state index is 0.116. The van der Waals surface area contributed by atoms with Gasteiger partial charge in [0.1, 0.15) is 10.9 Å². The highest BCUT2D eigenvalue weighted by atomic mass is 35.5. The number of rotatable bonds is 6. The van der Waals surface area contributed by atoms with E-state index < -0.39 is 0 Å². The fourth-order valence-corrected chi connectivity index (χ4v) is 7.36. The van der Waals surface area contributed by atoms with Gasteiger partial charge in [-0.3, -0.25) is 14.1 Å². The zero-order valence-corrected chi connectivity index (χ0v) is 23.3. The van der Waals surface area contributed by atoms with E-state index in [2.05, 4.69) is 31.4 Å². The number of amides is 1. The molecule has 7 heterocycles. The molecule has 0 aliphatic carbocycles. The number of thiazole rings is 1. The van der Waals surface area contributed by atoms with E-state index >= 15 is 0 Å². The number of nitrogens with zero attached hydrogens (tertiary/aromatic N) is 6. The van der Waals surface area contributed by atoms with Crippen molar-refractivity contribution in [1.82, 2.24) is 29.2 Å². The van der Waals surface area contributed by atoms with Gasteiger partial charge in [-0.1, -0.05) is 17.7 Å². The van der Waals surface area contributed by atoms with Crippen molar-refractivity contribution in [3.8, 4) is 5.75 Å². The van der Waals surface area contributed by atoms with Crippen molar-refractivity contribution in [3.63, 3.8) is 0 Å². The van der Waals surface area contributed by atoms with Crippen molar-refractivity contribution >= 4 is 55.4 Å². The predicted octanol–water partition coefficient (Wildman–Crippen LogP) is 4.44. The molecule has 9 nitrogen and oxygen atoms in total. The number of hydrogen-bond donors (Lipinski definition) is 0. The summed E-state index contributed by atoms with van der Waals surface area (Å²) in [5, 5.41) is 3.35. The molecule has 0 radical (unpaired) electrons. The lowest BCUT2D eigenvalue weighted by molar-refractivity contribution is -0.135. The molecule has 2 aliphatic heterocycles. The quantitative estimate of drug-likeness (QED) is 0.275. The van der Waals surface area contributed by atoms with E-state index in [1.165, 1.54) is 0 Å². The van der Waals surface area contributed by atoms with Gasteiger partial charge in [-0.15, -0.1) is 22.7 Å². The fourth-order valence-electron chi connectivity index (χ4n) is 5.27. The number of halogens is 1. The number of carbonyl (C=O) groups excluding carboxylic acids is 1. The molecule has 7 rings (SSSR count). The van der Waals surface area contributed by atoms with E-state index in [1.54, 1.807) is 34.9 Å². The highest BCUT2D eigenvalue weighted by Gasteiger charge is 2.37. The molecule has 1 unspecified atom stereocenters. The van der Waals surface area contributed by atoms with Crippen molar-refractivity contribution in [2.24, 2.45) is 0 Å². The van der Waals surface area contributed by atoms with Crippen LogP contribution in [0.5, 0.6) is 5.75 Å². The number of hydrogen-bond acceptors (Lipinski definition) is 9. The first kappa shape index (κ1) is 24.9. The second kappa shape index (κ2) is 10.5. The lowest BCUT2D eigenvalue weighted by Crippen LogP contribution is -2.43. The van der Waals surface area contributed by atoms with Crippen molar-refractivity contribution in [3.05, 3.63) is 75.2 Å². The SMILES string of the molecule is O=C(COc1ccc(CN2CCOCC2)nc1Cl)N1CCc2nc3sccn3c2C1c1cc2cccnc2s1. The zero-order chi connectivity index (χ0) is 26.3. The summed E-state index contributed by atoms with van der Waals surface area (Å²) in [4.78, 5) is 34.7. The summed E-state index contributed by atoms with van der Waals surface area (Å²) in [6.45, 7) is 4.32. The second-order valence-corrected chi connectivity index (χ2v) is 11.8. The summed E-state index contributed by atoms with van der Waals surface area (Å²) < 4.78 is 13.5. The van der Waals surface area contributed by atoms with Crippen molar-refractivity contribution in [1.29, 1.82) is 0 Å². The number of morpholine rings is 1. The Hall–Kier alpha value is -3.09. The number of imidazole rings is 1. The molecule has 5 aromatic rings. The molecule has 0 saturated carbocycles. The first-order chi connectivity index (χ1) is 19.1. The maximum atomic E-state index is 13.7.